The number of aliphatic hydroxyl groups is 2. The fraction of sp³-hybridized carbons (Fsp3) is 0.857. The first-order valence-electron chi connectivity index (χ1n) is 21.7. The molecule has 59 heavy (non-hydrogen) atoms. The van der Waals surface area contributed by atoms with Crippen molar-refractivity contribution in [2.45, 2.75) is 131 Å². The molecule has 0 saturated heterocycles. The van der Waals surface area contributed by atoms with Crippen LogP contribution in [0.3, 0.4) is 0 Å². The Kier molecular flexibility index (Phi) is 37.9. The van der Waals surface area contributed by atoms with Gasteiger partial charge in [-0.2, -0.15) is 0 Å². The van der Waals surface area contributed by atoms with Gasteiger partial charge >= 0.3 is 49.7 Å². The summed E-state index contributed by atoms with van der Waals surface area (Å²) in [5, 5.41) is 65.5. The number of hydrogen-bond acceptors (Lipinski definition) is 10. The molecule has 0 aromatic carbocycles. The molecule has 0 rings (SSSR count). The summed E-state index contributed by atoms with van der Waals surface area (Å²) in [5.74, 6) is -6.33. The Morgan fingerprint density at radius 3 is 1.05 bits per heavy atom. The fourth-order valence-electron chi connectivity index (χ4n) is 6.59. The van der Waals surface area contributed by atoms with Crippen LogP contribution >= 0.6 is 0 Å². The average Bonchev–Trinajstić information content (AvgIpc) is 3.17. The molecule has 0 aliphatic rings. The van der Waals surface area contributed by atoms with Crippen molar-refractivity contribution in [2.75, 3.05) is 78.7 Å². The van der Waals surface area contributed by atoms with Gasteiger partial charge in [0.15, 0.2) is 0 Å². The first-order chi connectivity index (χ1) is 27.3. The van der Waals surface area contributed by atoms with Crippen LogP contribution in [0.25, 0.3) is 0 Å². The van der Waals surface area contributed by atoms with Crippen molar-refractivity contribution in [3.05, 3.63) is 0 Å². The third-order valence-corrected chi connectivity index (χ3v) is 11.3. The van der Waals surface area contributed by atoms with Crippen LogP contribution in [-0.4, -0.2) is 181 Å². The van der Waals surface area contributed by atoms with E-state index in [2.05, 4.69) is 24.5 Å². The second-order valence-corrected chi connectivity index (χ2v) is 16.3. The zero-order valence-electron chi connectivity index (χ0n) is 37.4. The maximum atomic E-state index is 12.0. The molecule has 0 aliphatic heterocycles. The molecular weight excluding hydrogens is 793 g/mol. The molecule has 0 aliphatic carbocycles. The third kappa shape index (κ3) is 31.4. The van der Waals surface area contributed by atoms with Crippen molar-refractivity contribution >= 4 is 73.4 Å². The topological polar surface area (TPSA) is 254 Å². The summed E-state index contributed by atoms with van der Waals surface area (Å²) in [7, 11) is 0. The zero-order valence-corrected chi connectivity index (χ0v) is 39.6. The predicted octanol–water partition coefficient (Wildman–Crippen LogP) is 1.16. The van der Waals surface area contributed by atoms with Crippen molar-refractivity contribution in [3.63, 3.8) is 0 Å². The van der Waals surface area contributed by atoms with E-state index >= 15 is 0 Å². The molecule has 0 radical (unpaired) electrons. The van der Waals surface area contributed by atoms with Crippen LogP contribution in [0.15, 0.2) is 0 Å². The van der Waals surface area contributed by atoms with E-state index in [1.54, 1.807) is 27.7 Å². The van der Waals surface area contributed by atoms with Gasteiger partial charge in [-0.3, -0.25) is 19.2 Å². The van der Waals surface area contributed by atoms with Gasteiger partial charge in [0.2, 0.25) is 11.8 Å². The second kappa shape index (κ2) is 36.6. The summed E-state index contributed by atoms with van der Waals surface area (Å²) in [5.41, 5.74) is 0. The molecule has 0 heterocycles. The Balaban J connectivity index is -0.00000105. The van der Waals surface area contributed by atoms with Gasteiger partial charge in [0.1, 0.15) is 13.1 Å². The van der Waals surface area contributed by atoms with Crippen molar-refractivity contribution in [1.29, 1.82) is 0 Å². The quantitative estimate of drug-likeness (QED) is 0.0295. The number of carboxylic acids is 4. The van der Waals surface area contributed by atoms with Crippen molar-refractivity contribution < 1.29 is 68.4 Å². The molecule has 0 aromatic rings. The molecule has 0 spiro atoms. The number of aliphatic carboxylic acids is 4. The molecular formula is C42H80CaN4O12+2. The first-order valence-corrected chi connectivity index (χ1v) is 21.7. The largest absolute Gasteiger partial charge is 2.00 e. The number of amides is 2. The Morgan fingerprint density at radius 2 is 0.797 bits per heavy atom. The third-order valence-electron chi connectivity index (χ3n) is 11.3. The number of nitrogens with one attached hydrogen (secondary N) is 2. The molecule has 16 nitrogen and oxygen atoms in total. The van der Waals surface area contributed by atoms with Gasteiger partial charge in [-0.05, 0) is 12.8 Å². The number of nitrogens with zero attached hydrogens (tertiary/aromatic N) is 2. The Hall–Kier alpha value is -2.08. The molecule has 17 heteroatoms. The number of carbonyl (C=O) groups excluding carboxylic acids is 4. The normalized spacial score (nSPS) is 15.1. The van der Waals surface area contributed by atoms with Gasteiger partial charge in [-0.1, -0.05) is 80.1 Å². The number of carboxylic acid groups (broad SMARTS) is 4. The standard InChI is InChI=1S/2C21H40N2O6.Ca/c2*1-4-5-6-7-8-19(25)22-11-14-23(15-16-24,12-9-17(2)20(26)27)13-10-18(3)21(28)29;/h2*17-18,24H,4-16H2,1-3H3,(H2-,22,25,26,27,28,29);/q;;+2. The molecule has 0 fully saturated rings. The molecule has 340 valence electrons. The SMILES string of the molecule is CCCCCCC(=O)NCC[N+](CCO)(CCC(C)C(=O)[O-])CCC(C)C(=O)O.CCCCCCC(=O)NCC[N+](CCO)(CCC(C)C(=O)[O-])CCC(C)C(=O)O.[Ca+2]. The minimum absolute atomic E-state index is 0. The van der Waals surface area contributed by atoms with E-state index in [1.807, 2.05) is 0 Å². The summed E-state index contributed by atoms with van der Waals surface area (Å²) in [6.45, 7) is 15.1. The minimum atomic E-state index is -1.12. The molecule has 2 amide bonds. The Labute approximate surface area is 384 Å². The minimum Gasteiger partial charge on any atom is -0.550 e. The van der Waals surface area contributed by atoms with Crippen LogP contribution in [0.2, 0.25) is 0 Å². The number of carbonyl (C=O) groups is 6. The Morgan fingerprint density at radius 1 is 0.492 bits per heavy atom. The summed E-state index contributed by atoms with van der Waals surface area (Å²) in [6, 6.07) is 0. The summed E-state index contributed by atoms with van der Waals surface area (Å²) < 4.78 is 0.754. The van der Waals surface area contributed by atoms with Gasteiger partial charge < -0.3 is 59.8 Å². The van der Waals surface area contributed by atoms with E-state index in [0.717, 1.165) is 51.4 Å². The van der Waals surface area contributed by atoms with Crippen LogP contribution in [-0.2, 0) is 28.8 Å². The predicted molar refractivity (Wildman–Crippen MR) is 223 cm³/mol. The van der Waals surface area contributed by atoms with Crippen LogP contribution in [0.1, 0.15) is 131 Å². The van der Waals surface area contributed by atoms with Crippen LogP contribution in [0, 0.1) is 23.7 Å². The summed E-state index contributed by atoms with van der Waals surface area (Å²) >= 11 is 0. The average molecular weight is 873 g/mol. The van der Waals surface area contributed by atoms with Crippen molar-refractivity contribution in [2.24, 2.45) is 23.7 Å². The summed E-state index contributed by atoms with van der Waals surface area (Å²) in [6.07, 6.45) is 10.8. The van der Waals surface area contributed by atoms with Crippen LogP contribution in [0.5, 0.6) is 0 Å². The van der Waals surface area contributed by atoms with E-state index in [9.17, 15) is 49.2 Å². The summed E-state index contributed by atoms with van der Waals surface area (Å²) in [4.78, 5) is 68.6. The number of aliphatic hydroxyl groups excluding tert-OH is 2. The number of rotatable bonds is 36. The maximum Gasteiger partial charge on any atom is 2.00 e. The van der Waals surface area contributed by atoms with E-state index in [-0.39, 0.29) is 62.8 Å². The number of hydrogen-bond donors (Lipinski definition) is 6. The van der Waals surface area contributed by atoms with Gasteiger partial charge in [0.05, 0.1) is 77.4 Å². The molecule has 0 bridgehead atoms. The van der Waals surface area contributed by atoms with E-state index < -0.39 is 47.5 Å². The molecule has 6 unspecified atom stereocenters. The molecule has 0 saturated carbocycles. The fourth-order valence-corrected chi connectivity index (χ4v) is 6.59. The van der Waals surface area contributed by atoms with Crippen molar-refractivity contribution in [3.8, 4) is 0 Å². The maximum absolute atomic E-state index is 12.0. The Bertz CT molecular complexity index is 1040. The van der Waals surface area contributed by atoms with Crippen LogP contribution < -0.4 is 20.8 Å². The van der Waals surface area contributed by atoms with E-state index in [0.29, 0.717) is 113 Å². The van der Waals surface area contributed by atoms with Gasteiger partial charge in [-0.25, -0.2) is 0 Å². The van der Waals surface area contributed by atoms with E-state index in [1.165, 1.54) is 0 Å². The van der Waals surface area contributed by atoms with Gasteiger partial charge in [0.25, 0.3) is 0 Å². The molecule has 6 N–H and O–H groups in total. The number of quaternary nitrogens is 2. The van der Waals surface area contributed by atoms with Gasteiger partial charge in [-0.15, -0.1) is 0 Å². The first kappa shape index (κ1) is 61.2. The number of unbranched alkanes of at least 4 members (excludes halogenated alkanes) is 6. The van der Waals surface area contributed by atoms with Crippen LogP contribution in [0.4, 0.5) is 0 Å². The zero-order chi connectivity index (χ0) is 44.6. The van der Waals surface area contributed by atoms with E-state index in [4.69, 9.17) is 10.2 Å². The monoisotopic (exact) mass is 873 g/mol. The van der Waals surface area contributed by atoms with Crippen molar-refractivity contribution in [1.82, 2.24) is 10.6 Å². The smallest absolute Gasteiger partial charge is 0.550 e. The molecule has 6 atom stereocenters. The van der Waals surface area contributed by atoms with Gasteiger partial charge in [0, 0.05) is 62.3 Å². The molecule has 0 aromatic heterocycles. The second-order valence-electron chi connectivity index (χ2n) is 16.3.